The molecule has 3 heterocycles. The van der Waals surface area contributed by atoms with Gasteiger partial charge in [-0.2, -0.15) is 0 Å². The Kier molecular flexibility index (Phi) is 5.38. The summed E-state index contributed by atoms with van der Waals surface area (Å²) in [5, 5.41) is 7.15. The topological polar surface area (TPSA) is 62.3 Å². The standard InChI is InChI=1S/C21H29N5O/c1-14(2)26-12-18(19(13-26)27-3)24-21-16-9-10-22-11-17(16)23-20(25-21)15-7-5-4-6-8-15/h4-8,14,18-19,22H,9-13H2,1-3H3,(H,23,24,25)/t18-,19-/m0/s1. The van der Waals surface area contributed by atoms with E-state index in [4.69, 9.17) is 14.7 Å². The van der Waals surface area contributed by atoms with E-state index in [-0.39, 0.29) is 12.1 Å². The average molecular weight is 367 g/mol. The number of nitrogens with zero attached hydrogens (tertiary/aromatic N) is 3. The highest BCUT2D eigenvalue weighted by Crippen LogP contribution is 2.27. The van der Waals surface area contributed by atoms with Crippen molar-refractivity contribution in [1.82, 2.24) is 20.2 Å². The lowest BCUT2D eigenvalue weighted by Gasteiger charge is -2.25. The van der Waals surface area contributed by atoms with Crippen molar-refractivity contribution in [1.29, 1.82) is 0 Å². The van der Waals surface area contributed by atoms with Crippen molar-refractivity contribution in [3.05, 3.63) is 41.6 Å². The van der Waals surface area contributed by atoms with Crippen LogP contribution in [0.15, 0.2) is 30.3 Å². The summed E-state index contributed by atoms with van der Waals surface area (Å²) in [6.07, 6.45) is 1.12. The molecule has 4 rings (SSSR count). The second kappa shape index (κ2) is 7.92. The molecular formula is C21H29N5O. The van der Waals surface area contributed by atoms with Crippen LogP contribution < -0.4 is 10.6 Å². The van der Waals surface area contributed by atoms with Crippen molar-refractivity contribution in [3.8, 4) is 11.4 Å². The maximum atomic E-state index is 5.78. The number of fused-ring (bicyclic) bond motifs is 1. The number of likely N-dealkylation sites (tertiary alicyclic amines) is 1. The number of methoxy groups -OCH3 is 1. The second-order valence-electron chi connectivity index (χ2n) is 7.69. The van der Waals surface area contributed by atoms with E-state index in [1.807, 2.05) is 18.2 Å². The van der Waals surface area contributed by atoms with E-state index in [1.165, 1.54) is 5.56 Å². The fourth-order valence-corrected chi connectivity index (χ4v) is 3.97. The van der Waals surface area contributed by atoms with Crippen molar-refractivity contribution in [2.24, 2.45) is 0 Å². The Labute approximate surface area is 161 Å². The van der Waals surface area contributed by atoms with Gasteiger partial charge in [-0.05, 0) is 26.8 Å². The molecule has 1 saturated heterocycles. The van der Waals surface area contributed by atoms with Gasteiger partial charge in [0.1, 0.15) is 5.82 Å². The van der Waals surface area contributed by atoms with Gasteiger partial charge in [-0.3, -0.25) is 4.90 Å². The third-order valence-corrected chi connectivity index (χ3v) is 5.62. The van der Waals surface area contributed by atoms with Gasteiger partial charge < -0.3 is 15.4 Å². The Morgan fingerprint density at radius 2 is 2.00 bits per heavy atom. The molecule has 0 aliphatic carbocycles. The largest absolute Gasteiger partial charge is 0.378 e. The zero-order chi connectivity index (χ0) is 18.8. The van der Waals surface area contributed by atoms with Gasteiger partial charge >= 0.3 is 0 Å². The van der Waals surface area contributed by atoms with Crippen LogP contribution in [0.25, 0.3) is 11.4 Å². The Bertz CT molecular complexity index is 780. The molecule has 0 unspecified atom stereocenters. The van der Waals surface area contributed by atoms with Crippen molar-refractivity contribution in [3.63, 3.8) is 0 Å². The number of hydrogen-bond acceptors (Lipinski definition) is 6. The maximum Gasteiger partial charge on any atom is 0.161 e. The lowest BCUT2D eigenvalue weighted by atomic mass is 10.1. The first-order chi connectivity index (χ1) is 13.2. The third kappa shape index (κ3) is 3.83. The number of rotatable bonds is 5. The highest BCUT2D eigenvalue weighted by Gasteiger charge is 2.35. The van der Waals surface area contributed by atoms with Crippen molar-refractivity contribution in [2.45, 2.75) is 45.0 Å². The summed E-state index contributed by atoms with van der Waals surface area (Å²) in [6, 6.07) is 11.0. The van der Waals surface area contributed by atoms with E-state index in [1.54, 1.807) is 7.11 Å². The van der Waals surface area contributed by atoms with Crippen LogP contribution in [0.1, 0.15) is 25.1 Å². The number of hydrogen-bond donors (Lipinski definition) is 2. The summed E-state index contributed by atoms with van der Waals surface area (Å²) >= 11 is 0. The van der Waals surface area contributed by atoms with Crippen molar-refractivity contribution in [2.75, 3.05) is 32.1 Å². The Morgan fingerprint density at radius 3 is 2.74 bits per heavy atom. The van der Waals surface area contributed by atoms with E-state index >= 15 is 0 Å². The molecule has 0 amide bonds. The molecule has 0 radical (unpaired) electrons. The van der Waals surface area contributed by atoms with Crippen LogP contribution in [0.2, 0.25) is 0 Å². The van der Waals surface area contributed by atoms with Crippen LogP contribution in [-0.2, 0) is 17.7 Å². The highest BCUT2D eigenvalue weighted by molar-refractivity contribution is 5.60. The average Bonchev–Trinajstić information content (AvgIpc) is 3.12. The predicted octanol–water partition coefficient (Wildman–Crippen LogP) is 2.31. The lowest BCUT2D eigenvalue weighted by molar-refractivity contribution is 0.0982. The smallest absolute Gasteiger partial charge is 0.161 e. The molecule has 27 heavy (non-hydrogen) atoms. The molecule has 1 aromatic carbocycles. The Balaban J connectivity index is 1.67. The Morgan fingerprint density at radius 1 is 1.19 bits per heavy atom. The van der Waals surface area contributed by atoms with Crippen LogP contribution in [0.5, 0.6) is 0 Å². The molecule has 0 saturated carbocycles. The summed E-state index contributed by atoms with van der Waals surface area (Å²) in [4.78, 5) is 12.2. The molecule has 2 aliphatic rings. The van der Waals surface area contributed by atoms with Crippen molar-refractivity contribution < 1.29 is 4.74 Å². The second-order valence-corrected chi connectivity index (χ2v) is 7.69. The van der Waals surface area contributed by atoms with Crippen LogP contribution in [-0.4, -0.2) is 59.8 Å². The van der Waals surface area contributed by atoms with Gasteiger partial charge in [0.25, 0.3) is 0 Å². The summed E-state index contributed by atoms with van der Waals surface area (Å²) in [5.41, 5.74) is 3.39. The van der Waals surface area contributed by atoms with Gasteiger partial charge in [-0.25, -0.2) is 9.97 Å². The molecule has 6 nitrogen and oxygen atoms in total. The molecule has 1 aromatic heterocycles. The Hall–Kier alpha value is -2.02. The number of anilines is 1. The minimum absolute atomic E-state index is 0.167. The molecule has 2 aliphatic heterocycles. The maximum absolute atomic E-state index is 5.78. The number of benzene rings is 1. The van der Waals surface area contributed by atoms with Gasteiger partial charge in [-0.1, -0.05) is 30.3 Å². The van der Waals surface area contributed by atoms with Gasteiger partial charge in [-0.15, -0.1) is 0 Å². The third-order valence-electron chi connectivity index (χ3n) is 5.62. The first-order valence-corrected chi connectivity index (χ1v) is 9.85. The molecular weight excluding hydrogens is 338 g/mol. The first kappa shape index (κ1) is 18.3. The molecule has 0 bridgehead atoms. The SMILES string of the molecule is CO[C@H]1CN(C(C)C)C[C@@H]1Nc1nc(-c2ccccc2)nc2c1CCNC2. The fraction of sp³-hybridized carbons (Fsp3) is 0.524. The van der Waals surface area contributed by atoms with Crippen molar-refractivity contribution >= 4 is 5.82 Å². The van der Waals surface area contributed by atoms with Crippen LogP contribution in [0.4, 0.5) is 5.82 Å². The first-order valence-electron chi connectivity index (χ1n) is 9.85. The minimum Gasteiger partial charge on any atom is -0.378 e. The number of nitrogens with one attached hydrogen (secondary N) is 2. The van der Waals surface area contributed by atoms with Gasteiger partial charge in [0, 0.05) is 43.9 Å². The monoisotopic (exact) mass is 367 g/mol. The minimum atomic E-state index is 0.167. The van der Waals surface area contributed by atoms with Gasteiger partial charge in [0.15, 0.2) is 5.82 Å². The van der Waals surface area contributed by atoms with Gasteiger partial charge in [0.2, 0.25) is 0 Å². The number of ether oxygens (including phenoxy) is 1. The number of aromatic nitrogens is 2. The summed E-state index contributed by atoms with van der Waals surface area (Å²) in [6.45, 7) is 8.15. The molecule has 0 spiro atoms. The van der Waals surface area contributed by atoms with E-state index in [9.17, 15) is 0 Å². The zero-order valence-corrected chi connectivity index (χ0v) is 16.4. The molecule has 2 aromatic rings. The fourth-order valence-electron chi connectivity index (χ4n) is 3.97. The van der Waals surface area contributed by atoms with Crippen LogP contribution in [0.3, 0.4) is 0 Å². The predicted molar refractivity (Wildman–Crippen MR) is 108 cm³/mol. The highest BCUT2D eigenvalue weighted by atomic mass is 16.5. The van der Waals surface area contributed by atoms with E-state index in [2.05, 4.69) is 41.5 Å². The summed E-state index contributed by atoms with van der Waals surface area (Å²) in [7, 11) is 1.80. The molecule has 2 N–H and O–H groups in total. The van der Waals surface area contributed by atoms with E-state index < -0.39 is 0 Å². The normalized spacial score (nSPS) is 22.8. The molecule has 1 fully saturated rings. The quantitative estimate of drug-likeness (QED) is 0.846. The molecule has 144 valence electrons. The lowest BCUT2D eigenvalue weighted by Crippen LogP contribution is -2.36. The summed E-state index contributed by atoms with van der Waals surface area (Å²) < 4.78 is 5.78. The van der Waals surface area contributed by atoms with E-state index in [0.717, 1.165) is 55.5 Å². The summed E-state index contributed by atoms with van der Waals surface area (Å²) in [5.74, 6) is 1.76. The van der Waals surface area contributed by atoms with E-state index in [0.29, 0.717) is 6.04 Å². The molecule has 6 heteroatoms. The van der Waals surface area contributed by atoms with Crippen LogP contribution >= 0.6 is 0 Å². The van der Waals surface area contributed by atoms with Crippen LogP contribution in [0, 0.1) is 0 Å². The zero-order valence-electron chi connectivity index (χ0n) is 16.4. The molecule has 2 atom stereocenters. The van der Waals surface area contributed by atoms with Gasteiger partial charge in [0.05, 0.1) is 17.8 Å².